The van der Waals surface area contributed by atoms with Gasteiger partial charge < -0.3 is 9.80 Å². The third-order valence-electron chi connectivity index (χ3n) is 25.1. The van der Waals surface area contributed by atoms with Gasteiger partial charge in [-0.1, -0.05) is 320 Å². The molecule has 0 bridgehead atoms. The van der Waals surface area contributed by atoms with E-state index < -0.39 is 0 Å². The molecular formula is C100H122N2O2S4. The van der Waals surface area contributed by atoms with E-state index in [0.717, 1.165) is 72.2 Å². The molecule has 12 aromatic rings. The molecule has 4 atom stereocenters. The SMILES string of the molecule is CCCCCCCCC(CCCCCC)CN1C(=O)/C(=C2\C(=O)N(CC(CCCCCC)CCCCCCCC)c3cc(-c4cc5sc6c7cc8ccccc8cc7cc(CC(CC)CCCC)c6c5s4)ccc32)c2ccc(-c3cc4sc5c6cc7ccccc7cc6cc(CC(CC)CCCC)c5c4s3)cc21. The number of anilines is 2. The minimum atomic E-state index is 0.00420. The first-order valence-electron chi connectivity index (χ1n) is 43.3. The third kappa shape index (κ3) is 17.0. The summed E-state index contributed by atoms with van der Waals surface area (Å²) in [6.45, 7) is 20.0. The zero-order valence-corrected chi connectivity index (χ0v) is 70.1. The van der Waals surface area contributed by atoms with Gasteiger partial charge in [0, 0.05) is 74.3 Å². The van der Waals surface area contributed by atoms with E-state index in [4.69, 9.17) is 0 Å². The Bertz CT molecular complexity index is 4810. The number of amides is 2. The zero-order valence-electron chi connectivity index (χ0n) is 66.8. The van der Waals surface area contributed by atoms with Crippen molar-refractivity contribution in [2.45, 2.75) is 274 Å². The summed E-state index contributed by atoms with van der Waals surface area (Å²) in [7, 11) is 0. The van der Waals surface area contributed by atoms with Crippen LogP contribution >= 0.6 is 45.3 Å². The zero-order chi connectivity index (χ0) is 74.6. The van der Waals surface area contributed by atoms with Crippen LogP contribution in [0.15, 0.2) is 133 Å². The molecule has 4 aromatic heterocycles. The predicted molar refractivity (Wildman–Crippen MR) is 481 cm³/mol. The van der Waals surface area contributed by atoms with Gasteiger partial charge in [-0.15, -0.1) is 45.3 Å². The molecule has 2 aliphatic rings. The maximum atomic E-state index is 16.6. The normalized spacial score (nSPS) is 15.2. The fourth-order valence-corrected chi connectivity index (χ4v) is 24.1. The van der Waals surface area contributed by atoms with Crippen LogP contribution < -0.4 is 9.80 Å². The number of carbonyl (C=O) groups excluding carboxylic acids is 2. The first-order chi connectivity index (χ1) is 53.0. The minimum Gasteiger partial charge on any atom is -0.307 e. The summed E-state index contributed by atoms with van der Waals surface area (Å²) in [6.07, 6.45) is 41.2. The predicted octanol–water partition coefficient (Wildman–Crippen LogP) is 32.3. The second-order valence-electron chi connectivity index (χ2n) is 33.0. The fourth-order valence-electron chi connectivity index (χ4n) is 18.6. The molecule has 0 saturated heterocycles. The Hall–Kier alpha value is -6.68. The highest BCUT2D eigenvalue weighted by Gasteiger charge is 2.44. The number of nitrogens with zero attached hydrogens (tertiary/aromatic N) is 2. The van der Waals surface area contributed by atoms with Crippen molar-refractivity contribution in [2.24, 2.45) is 23.7 Å². The second-order valence-corrected chi connectivity index (χ2v) is 37.2. The van der Waals surface area contributed by atoms with Crippen molar-refractivity contribution in [3.63, 3.8) is 0 Å². The van der Waals surface area contributed by atoms with Crippen molar-refractivity contribution in [3.05, 3.63) is 156 Å². The van der Waals surface area contributed by atoms with Crippen molar-refractivity contribution >= 4 is 162 Å². The molecule has 4 unspecified atom stereocenters. The van der Waals surface area contributed by atoms with Crippen LogP contribution in [-0.4, -0.2) is 24.9 Å². The maximum absolute atomic E-state index is 16.6. The van der Waals surface area contributed by atoms with E-state index >= 15 is 9.59 Å². The molecule has 4 nitrogen and oxygen atoms in total. The highest BCUT2D eigenvalue weighted by atomic mass is 32.1. The van der Waals surface area contributed by atoms with Crippen LogP contribution in [0.1, 0.15) is 283 Å². The highest BCUT2D eigenvalue weighted by molar-refractivity contribution is 7.35. The fraction of sp³-hybridized carbons (Fsp3) is 0.480. The largest absolute Gasteiger partial charge is 0.307 e. The Morgan fingerprint density at radius 2 is 0.657 bits per heavy atom. The first-order valence-corrected chi connectivity index (χ1v) is 46.6. The Labute approximate surface area is 663 Å². The van der Waals surface area contributed by atoms with E-state index in [1.54, 1.807) is 0 Å². The minimum absolute atomic E-state index is 0.00420. The van der Waals surface area contributed by atoms with Gasteiger partial charge in [-0.25, -0.2) is 0 Å². The molecule has 0 spiro atoms. The number of hydrogen-bond acceptors (Lipinski definition) is 6. The summed E-state index contributed by atoms with van der Waals surface area (Å²) in [4.78, 5) is 40.1. The quantitative estimate of drug-likeness (QED) is 0.0217. The van der Waals surface area contributed by atoms with Gasteiger partial charge in [-0.2, -0.15) is 0 Å². The van der Waals surface area contributed by atoms with Crippen molar-refractivity contribution < 1.29 is 9.59 Å². The van der Waals surface area contributed by atoms with Gasteiger partial charge in [0.05, 0.1) is 31.9 Å². The number of carbonyl (C=O) groups is 2. The van der Waals surface area contributed by atoms with E-state index in [2.05, 4.69) is 199 Å². The lowest BCUT2D eigenvalue weighted by Gasteiger charge is -2.25. The van der Waals surface area contributed by atoms with Crippen LogP contribution in [-0.2, 0) is 22.4 Å². The molecule has 108 heavy (non-hydrogen) atoms. The lowest BCUT2D eigenvalue weighted by atomic mass is 9.89. The molecule has 6 heterocycles. The Morgan fingerprint density at radius 1 is 0.315 bits per heavy atom. The molecule has 0 aliphatic carbocycles. The van der Waals surface area contributed by atoms with E-state index in [0.29, 0.717) is 47.9 Å². The molecule has 2 amide bonds. The van der Waals surface area contributed by atoms with Gasteiger partial charge in [-0.05, 0) is 165 Å². The summed E-state index contributed by atoms with van der Waals surface area (Å²) in [6, 6.07) is 51.5. The van der Waals surface area contributed by atoms with E-state index in [-0.39, 0.29) is 11.8 Å². The number of rotatable bonds is 42. The Balaban J connectivity index is 0.908. The van der Waals surface area contributed by atoms with Crippen molar-refractivity contribution in [3.8, 4) is 20.9 Å². The smallest absolute Gasteiger partial charge is 0.259 e. The van der Waals surface area contributed by atoms with E-state index in [1.165, 1.54) is 283 Å². The van der Waals surface area contributed by atoms with Crippen LogP contribution in [0.4, 0.5) is 11.4 Å². The molecule has 8 aromatic carbocycles. The number of unbranched alkanes of at least 4 members (excludes halogenated alkanes) is 18. The molecule has 0 fully saturated rings. The highest BCUT2D eigenvalue weighted by Crippen LogP contribution is 2.54. The second kappa shape index (κ2) is 37.1. The average Bonchev–Trinajstić information content (AvgIpc) is 1.55. The van der Waals surface area contributed by atoms with Gasteiger partial charge in [0.2, 0.25) is 0 Å². The molecule has 0 N–H and O–H groups in total. The van der Waals surface area contributed by atoms with Crippen LogP contribution in [0.3, 0.4) is 0 Å². The maximum Gasteiger partial charge on any atom is 0.259 e. The summed E-state index contributed by atoms with van der Waals surface area (Å²) >= 11 is 7.84. The monoisotopic (exact) mass is 1510 g/mol. The Morgan fingerprint density at radius 3 is 1.03 bits per heavy atom. The van der Waals surface area contributed by atoms with Gasteiger partial charge >= 0.3 is 0 Å². The van der Waals surface area contributed by atoms with E-state index in [9.17, 15) is 0 Å². The number of thiophene rings is 4. The topological polar surface area (TPSA) is 40.6 Å². The summed E-state index contributed by atoms with van der Waals surface area (Å²) in [5.74, 6) is 1.98. The lowest BCUT2D eigenvalue weighted by molar-refractivity contribution is -0.114. The van der Waals surface area contributed by atoms with Crippen molar-refractivity contribution in [1.82, 2.24) is 0 Å². The number of fused-ring (bicyclic) bond motifs is 14. The first kappa shape index (κ1) is 78.0. The molecule has 2 aliphatic heterocycles. The van der Waals surface area contributed by atoms with Crippen LogP contribution in [0.2, 0.25) is 0 Å². The van der Waals surface area contributed by atoms with Gasteiger partial charge in [0.15, 0.2) is 0 Å². The summed E-state index contributed by atoms with van der Waals surface area (Å²) in [5, 5.41) is 13.5. The molecule has 14 rings (SSSR count). The number of hydrogen-bond donors (Lipinski definition) is 0. The molecule has 568 valence electrons. The Kier molecular flexibility index (Phi) is 26.8. The summed E-state index contributed by atoms with van der Waals surface area (Å²) in [5.41, 5.74) is 10.3. The van der Waals surface area contributed by atoms with Gasteiger partial charge in [-0.3, -0.25) is 9.59 Å². The standard InChI is InChI=1S/C100H122N2O2S4/c1-9-17-23-27-29-33-43-69(41-31-25-19-11-3)65-101-85-61-75(87-63-89-97(105-87)91-79(53-67(15-7)39-21-13-5)57-77-55-71-45-35-37-47-73(71)59-83(77)95(91)107-89)49-51-81(85)93(99(101)103)94-82-52-50-76(62-86(82)102(100(94)104)66-70(42-32-26-20-12-4)44-34-30-28-24-18-10-2)88-64-90-98(106-88)92-80(54-68(16-8)40-22-14-6)58-78-56-72-46-36-38-48-74(72)60-84(78)96(92)108-90/h35-38,45-52,55-64,67-70H,9-34,39-44,53-54,65-66H2,1-8H3/b94-93-. The van der Waals surface area contributed by atoms with Crippen molar-refractivity contribution in [1.29, 1.82) is 0 Å². The van der Waals surface area contributed by atoms with Gasteiger partial charge in [0.1, 0.15) is 0 Å². The van der Waals surface area contributed by atoms with Crippen LogP contribution in [0.5, 0.6) is 0 Å². The van der Waals surface area contributed by atoms with Crippen LogP contribution in [0, 0.1) is 23.7 Å². The molecule has 8 heteroatoms. The van der Waals surface area contributed by atoms with Crippen molar-refractivity contribution in [2.75, 3.05) is 22.9 Å². The van der Waals surface area contributed by atoms with Crippen LogP contribution in [0.25, 0.3) is 114 Å². The average molecular weight is 1510 g/mol. The lowest BCUT2D eigenvalue weighted by Crippen LogP contribution is -2.34. The van der Waals surface area contributed by atoms with Gasteiger partial charge in [0.25, 0.3) is 11.8 Å². The number of benzene rings is 8. The molecular weight excluding hydrogens is 1390 g/mol. The van der Waals surface area contributed by atoms with E-state index in [1.807, 2.05) is 45.3 Å². The molecule has 0 radical (unpaired) electrons. The summed E-state index contributed by atoms with van der Waals surface area (Å²) < 4.78 is 8.29. The molecule has 0 saturated carbocycles. The third-order valence-corrected chi connectivity index (χ3v) is 30.1.